The van der Waals surface area contributed by atoms with Gasteiger partial charge in [0, 0.05) is 11.6 Å². The minimum atomic E-state index is -0.621. The third-order valence-corrected chi connectivity index (χ3v) is 3.65. The Morgan fingerprint density at radius 1 is 1.14 bits per heavy atom. The van der Waals surface area contributed by atoms with Crippen LogP contribution in [0.1, 0.15) is 35.8 Å². The van der Waals surface area contributed by atoms with Gasteiger partial charge >= 0.3 is 0 Å². The number of hydrogen-bond donors (Lipinski definition) is 2. The number of benzene rings is 2. The highest BCUT2D eigenvalue weighted by Gasteiger charge is 2.13. The molecule has 2 aromatic rings. The van der Waals surface area contributed by atoms with Crippen molar-refractivity contribution < 1.29 is 9.84 Å². The van der Waals surface area contributed by atoms with Crippen LogP contribution >= 0.6 is 0 Å². The molecule has 0 fully saturated rings. The van der Waals surface area contributed by atoms with E-state index in [4.69, 9.17) is 4.74 Å². The number of aliphatic hydroxyl groups is 1. The number of aliphatic hydroxyl groups excluding tert-OH is 1. The molecule has 0 aliphatic heterocycles. The van der Waals surface area contributed by atoms with Gasteiger partial charge in [0.2, 0.25) is 0 Å². The standard InChI is InChI=1S/C18H23NO2/c1-13-9-10-16(14(2)19-3)18(11-13)21-12-17(20)15-7-5-4-6-8-15/h4-11,14,17,19-20H,12H2,1-3H3. The molecule has 0 aliphatic carbocycles. The van der Waals surface area contributed by atoms with Crippen LogP contribution in [0.3, 0.4) is 0 Å². The zero-order valence-electron chi connectivity index (χ0n) is 12.8. The lowest BCUT2D eigenvalue weighted by atomic mass is 10.0. The van der Waals surface area contributed by atoms with E-state index < -0.39 is 6.10 Å². The van der Waals surface area contributed by atoms with Crippen molar-refractivity contribution in [3.8, 4) is 5.75 Å². The molecule has 112 valence electrons. The SMILES string of the molecule is CNC(C)c1ccc(C)cc1OCC(O)c1ccccc1. The molecule has 2 rings (SSSR count). The van der Waals surface area contributed by atoms with Gasteiger partial charge in [-0.1, -0.05) is 42.5 Å². The molecule has 0 saturated heterocycles. The Balaban J connectivity index is 2.10. The summed E-state index contributed by atoms with van der Waals surface area (Å²) in [6, 6.07) is 15.9. The molecule has 2 aromatic carbocycles. The van der Waals surface area contributed by atoms with Crippen molar-refractivity contribution >= 4 is 0 Å². The molecule has 2 unspecified atom stereocenters. The highest BCUT2D eigenvalue weighted by molar-refractivity contribution is 5.39. The highest BCUT2D eigenvalue weighted by atomic mass is 16.5. The van der Waals surface area contributed by atoms with E-state index in [0.717, 1.165) is 22.4 Å². The molecule has 0 saturated carbocycles. The molecular formula is C18H23NO2. The predicted octanol–water partition coefficient (Wildman–Crippen LogP) is 3.39. The van der Waals surface area contributed by atoms with Crippen LogP contribution in [0.5, 0.6) is 5.75 Å². The smallest absolute Gasteiger partial charge is 0.124 e. The zero-order valence-corrected chi connectivity index (χ0v) is 12.8. The number of aryl methyl sites for hydroxylation is 1. The second-order valence-corrected chi connectivity index (χ2v) is 5.29. The first-order chi connectivity index (χ1) is 10.1. The van der Waals surface area contributed by atoms with E-state index in [0.29, 0.717) is 0 Å². The van der Waals surface area contributed by atoms with E-state index >= 15 is 0 Å². The molecule has 0 amide bonds. The van der Waals surface area contributed by atoms with Crippen molar-refractivity contribution in [2.75, 3.05) is 13.7 Å². The first-order valence-corrected chi connectivity index (χ1v) is 7.25. The number of nitrogens with one attached hydrogen (secondary N) is 1. The van der Waals surface area contributed by atoms with E-state index in [1.807, 2.05) is 50.4 Å². The number of hydrogen-bond acceptors (Lipinski definition) is 3. The Kier molecular flexibility index (Phi) is 5.37. The summed E-state index contributed by atoms with van der Waals surface area (Å²) >= 11 is 0. The van der Waals surface area contributed by atoms with E-state index in [2.05, 4.69) is 24.4 Å². The van der Waals surface area contributed by atoms with Gasteiger partial charge in [0.1, 0.15) is 18.5 Å². The first kappa shape index (κ1) is 15.5. The van der Waals surface area contributed by atoms with Crippen LogP contribution in [0.15, 0.2) is 48.5 Å². The predicted molar refractivity (Wildman–Crippen MR) is 85.6 cm³/mol. The maximum Gasteiger partial charge on any atom is 0.124 e. The third-order valence-electron chi connectivity index (χ3n) is 3.65. The maximum atomic E-state index is 10.2. The third kappa shape index (κ3) is 4.06. The molecule has 0 heterocycles. The summed E-state index contributed by atoms with van der Waals surface area (Å²) in [7, 11) is 1.92. The molecule has 0 aliphatic rings. The molecule has 2 atom stereocenters. The van der Waals surface area contributed by atoms with Gasteiger partial charge in [-0.3, -0.25) is 0 Å². The Hall–Kier alpha value is -1.84. The van der Waals surface area contributed by atoms with Gasteiger partial charge in [0.05, 0.1) is 0 Å². The summed E-state index contributed by atoms with van der Waals surface area (Å²) in [5, 5.41) is 13.4. The van der Waals surface area contributed by atoms with Crippen LogP contribution in [0.25, 0.3) is 0 Å². The van der Waals surface area contributed by atoms with Crippen LogP contribution in [0.2, 0.25) is 0 Å². The minimum absolute atomic E-state index is 0.203. The molecule has 0 aromatic heterocycles. The van der Waals surface area contributed by atoms with E-state index in [-0.39, 0.29) is 12.6 Å². The lowest BCUT2D eigenvalue weighted by Crippen LogP contribution is -2.16. The fourth-order valence-electron chi connectivity index (χ4n) is 2.22. The quantitative estimate of drug-likeness (QED) is 0.855. The fraction of sp³-hybridized carbons (Fsp3) is 0.333. The van der Waals surface area contributed by atoms with Gasteiger partial charge in [0.25, 0.3) is 0 Å². The Labute approximate surface area is 126 Å². The van der Waals surface area contributed by atoms with Gasteiger partial charge in [-0.25, -0.2) is 0 Å². The highest BCUT2D eigenvalue weighted by Crippen LogP contribution is 2.27. The second-order valence-electron chi connectivity index (χ2n) is 5.29. The van der Waals surface area contributed by atoms with Crippen LogP contribution in [-0.2, 0) is 0 Å². The fourth-order valence-corrected chi connectivity index (χ4v) is 2.22. The molecule has 0 radical (unpaired) electrons. The van der Waals surface area contributed by atoms with E-state index in [9.17, 15) is 5.11 Å². The van der Waals surface area contributed by atoms with Crippen molar-refractivity contribution in [2.45, 2.75) is 26.0 Å². The van der Waals surface area contributed by atoms with E-state index in [1.165, 1.54) is 0 Å². The van der Waals surface area contributed by atoms with Crippen molar-refractivity contribution in [1.29, 1.82) is 0 Å². The largest absolute Gasteiger partial charge is 0.490 e. The molecule has 21 heavy (non-hydrogen) atoms. The monoisotopic (exact) mass is 285 g/mol. The maximum absolute atomic E-state index is 10.2. The average molecular weight is 285 g/mol. The second kappa shape index (κ2) is 7.25. The van der Waals surface area contributed by atoms with Gasteiger partial charge in [-0.05, 0) is 38.1 Å². The topological polar surface area (TPSA) is 41.5 Å². The minimum Gasteiger partial charge on any atom is -0.490 e. The Bertz CT molecular complexity index is 569. The van der Waals surface area contributed by atoms with Crippen LogP contribution in [0.4, 0.5) is 0 Å². The van der Waals surface area contributed by atoms with Gasteiger partial charge < -0.3 is 15.2 Å². The van der Waals surface area contributed by atoms with Crippen molar-refractivity contribution in [2.24, 2.45) is 0 Å². The zero-order chi connectivity index (χ0) is 15.2. The number of ether oxygens (including phenoxy) is 1. The normalized spacial score (nSPS) is 13.7. The molecule has 0 spiro atoms. The van der Waals surface area contributed by atoms with Crippen molar-refractivity contribution in [3.05, 3.63) is 65.2 Å². The summed E-state index contributed by atoms with van der Waals surface area (Å²) < 4.78 is 5.87. The molecule has 2 N–H and O–H groups in total. The molecule has 3 heteroatoms. The summed E-state index contributed by atoms with van der Waals surface area (Å²) in [6.07, 6.45) is -0.621. The van der Waals surface area contributed by atoms with Gasteiger partial charge in [-0.2, -0.15) is 0 Å². The van der Waals surface area contributed by atoms with Gasteiger partial charge in [0.15, 0.2) is 0 Å². The summed E-state index contributed by atoms with van der Waals surface area (Å²) in [5.41, 5.74) is 3.11. The van der Waals surface area contributed by atoms with Gasteiger partial charge in [-0.15, -0.1) is 0 Å². The van der Waals surface area contributed by atoms with Crippen LogP contribution < -0.4 is 10.1 Å². The lowest BCUT2D eigenvalue weighted by molar-refractivity contribution is 0.107. The number of rotatable bonds is 6. The summed E-state index contributed by atoms with van der Waals surface area (Å²) in [6.45, 7) is 4.37. The molecule has 3 nitrogen and oxygen atoms in total. The Morgan fingerprint density at radius 3 is 2.52 bits per heavy atom. The molecular weight excluding hydrogens is 262 g/mol. The lowest BCUT2D eigenvalue weighted by Gasteiger charge is -2.19. The Morgan fingerprint density at radius 2 is 1.86 bits per heavy atom. The summed E-state index contributed by atoms with van der Waals surface area (Å²) in [5.74, 6) is 0.826. The van der Waals surface area contributed by atoms with E-state index in [1.54, 1.807) is 0 Å². The van der Waals surface area contributed by atoms with Crippen molar-refractivity contribution in [1.82, 2.24) is 5.32 Å². The van der Waals surface area contributed by atoms with Crippen LogP contribution in [-0.4, -0.2) is 18.8 Å². The van der Waals surface area contributed by atoms with Crippen LogP contribution in [0, 0.1) is 6.92 Å². The first-order valence-electron chi connectivity index (χ1n) is 7.25. The van der Waals surface area contributed by atoms with Crippen molar-refractivity contribution in [3.63, 3.8) is 0 Å². The molecule has 0 bridgehead atoms. The average Bonchev–Trinajstić information content (AvgIpc) is 2.52. The summed E-state index contributed by atoms with van der Waals surface area (Å²) in [4.78, 5) is 0.